The number of rotatable bonds is 6. The molecule has 3 aromatic rings. The number of imide groups is 1. The molecule has 3 unspecified atom stereocenters. The van der Waals surface area contributed by atoms with Crippen LogP contribution in [0.4, 0.5) is 5.13 Å². The molecule has 1 aliphatic carbocycles. The molecule has 1 aromatic carbocycles. The van der Waals surface area contributed by atoms with Crippen molar-refractivity contribution in [2.24, 2.45) is 17.8 Å². The molecular formula is C25H26N4O3S. The zero-order valence-corrected chi connectivity index (χ0v) is 19.4. The molecule has 33 heavy (non-hydrogen) atoms. The predicted octanol–water partition coefficient (Wildman–Crippen LogP) is 4.60. The summed E-state index contributed by atoms with van der Waals surface area (Å²) in [6.45, 7) is 3.97. The van der Waals surface area contributed by atoms with Crippen LogP contribution in [0.15, 0.2) is 48.0 Å². The smallest absolute Gasteiger partial charge is 0.249 e. The summed E-state index contributed by atoms with van der Waals surface area (Å²) in [6.07, 6.45) is 7.34. The Morgan fingerprint density at radius 2 is 1.88 bits per heavy atom. The second-order valence-corrected chi connectivity index (χ2v) is 9.98. The van der Waals surface area contributed by atoms with Crippen LogP contribution in [0.3, 0.4) is 0 Å². The fraction of sp³-hybridized carbons (Fsp3) is 0.360. The van der Waals surface area contributed by atoms with Crippen molar-refractivity contribution in [3.05, 3.63) is 48.0 Å². The molecule has 3 heterocycles. The van der Waals surface area contributed by atoms with Gasteiger partial charge in [0.15, 0.2) is 5.13 Å². The van der Waals surface area contributed by atoms with E-state index in [1.165, 1.54) is 16.2 Å². The second-order valence-electron chi connectivity index (χ2n) is 9.12. The standard InChI is InChI=1S/C25H26N4O3S/c1-14(2)11-21(29-23(31)16-8-3-4-9-17(16)24(29)32)22(30)28-25-27-20(13-33-25)18-12-26-19-10-6-5-7-15(18)19/h3-7,10,12-14,16-17,21,26H,8-9,11H2,1-2H3,(H,27,28,30). The number of nitrogens with one attached hydrogen (secondary N) is 2. The lowest BCUT2D eigenvalue weighted by Crippen LogP contribution is -2.48. The number of likely N-dealkylation sites (tertiary alicyclic amines) is 1. The minimum atomic E-state index is -0.837. The molecule has 8 heteroatoms. The molecular weight excluding hydrogens is 436 g/mol. The number of fused-ring (bicyclic) bond motifs is 2. The first-order valence-corrected chi connectivity index (χ1v) is 12.2. The van der Waals surface area contributed by atoms with Crippen LogP contribution in [-0.4, -0.2) is 38.6 Å². The quantitative estimate of drug-likeness (QED) is 0.414. The van der Waals surface area contributed by atoms with Crippen LogP contribution in [-0.2, 0) is 14.4 Å². The minimum Gasteiger partial charge on any atom is -0.360 e. The average Bonchev–Trinajstić information content (AvgIpc) is 3.50. The molecule has 2 aromatic heterocycles. The van der Waals surface area contributed by atoms with Crippen molar-refractivity contribution in [3.63, 3.8) is 0 Å². The average molecular weight is 463 g/mol. The van der Waals surface area contributed by atoms with Gasteiger partial charge in [-0.25, -0.2) is 4.98 Å². The largest absolute Gasteiger partial charge is 0.360 e. The Kier molecular flexibility index (Phi) is 5.62. The number of thiazole rings is 1. The van der Waals surface area contributed by atoms with Crippen LogP contribution in [0.2, 0.25) is 0 Å². The molecule has 0 bridgehead atoms. The Hall–Kier alpha value is -3.26. The third-order valence-corrected chi connectivity index (χ3v) is 7.21. The van der Waals surface area contributed by atoms with Gasteiger partial charge in [0, 0.05) is 28.0 Å². The topological polar surface area (TPSA) is 95.2 Å². The first-order chi connectivity index (χ1) is 15.9. The maximum atomic E-state index is 13.3. The highest BCUT2D eigenvalue weighted by Crippen LogP contribution is 2.37. The molecule has 170 valence electrons. The number of anilines is 1. The molecule has 1 saturated heterocycles. The summed E-state index contributed by atoms with van der Waals surface area (Å²) in [5.74, 6) is -1.38. The normalized spacial score (nSPS) is 21.1. The van der Waals surface area contributed by atoms with E-state index in [4.69, 9.17) is 0 Å². The van der Waals surface area contributed by atoms with E-state index < -0.39 is 6.04 Å². The lowest BCUT2D eigenvalue weighted by Gasteiger charge is -2.27. The van der Waals surface area contributed by atoms with Crippen LogP contribution >= 0.6 is 11.3 Å². The van der Waals surface area contributed by atoms with E-state index in [0.29, 0.717) is 24.4 Å². The van der Waals surface area contributed by atoms with Crippen LogP contribution in [0, 0.1) is 17.8 Å². The van der Waals surface area contributed by atoms with Crippen LogP contribution in [0.25, 0.3) is 22.2 Å². The number of carbonyl (C=O) groups excluding carboxylic acids is 3. The van der Waals surface area contributed by atoms with Gasteiger partial charge in [0.05, 0.1) is 17.5 Å². The number of aromatic nitrogens is 2. The van der Waals surface area contributed by atoms with Crippen molar-refractivity contribution in [2.75, 3.05) is 5.32 Å². The van der Waals surface area contributed by atoms with Crippen molar-refractivity contribution < 1.29 is 14.4 Å². The summed E-state index contributed by atoms with van der Waals surface area (Å²) in [4.78, 5) is 48.6. The molecule has 0 saturated carbocycles. The minimum absolute atomic E-state index is 0.139. The summed E-state index contributed by atoms with van der Waals surface area (Å²) in [5.41, 5.74) is 2.74. The van der Waals surface area contributed by atoms with Crippen molar-refractivity contribution in [2.45, 2.75) is 39.2 Å². The fourth-order valence-electron chi connectivity index (χ4n) is 4.84. The lowest BCUT2D eigenvalue weighted by molar-refractivity contribution is -0.147. The van der Waals surface area contributed by atoms with Gasteiger partial charge >= 0.3 is 0 Å². The number of amides is 3. The Labute approximate surface area is 195 Å². The fourth-order valence-corrected chi connectivity index (χ4v) is 5.55. The zero-order chi connectivity index (χ0) is 23.1. The van der Waals surface area contributed by atoms with E-state index in [-0.39, 0.29) is 35.5 Å². The zero-order valence-electron chi connectivity index (χ0n) is 18.6. The summed E-state index contributed by atoms with van der Waals surface area (Å²) in [7, 11) is 0. The molecule has 1 aliphatic heterocycles. The SMILES string of the molecule is CC(C)CC(C(=O)Nc1nc(-c2c[nH]c3ccccc23)cs1)N1C(=O)C2CC=CCC2C1=O. The van der Waals surface area contributed by atoms with Gasteiger partial charge in [0.25, 0.3) is 0 Å². The van der Waals surface area contributed by atoms with Gasteiger partial charge in [0.1, 0.15) is 6.04 Å². The lowest BCUT2D eigenvalue weighted by atomic mass is 9.85. The number of H-pyrrole nitrogens is 1. The van der Waals surface area contributed by atoms with Crippen molar-refractivity contribution >= 4 is 45.1 Å². The van der Waals surface area contributed by atoms with Crippen molar-refractivity contribution in [1.82, 2.24) is 14.9 Å². The third-order valence-electron chi connectivity index (χ3n) is 6.45. The summed E-state index contributed by atoms with van der Waals surface area (Å²) in [5, 5.41) is 6.28. The van der Waals surface area contributed by atoms with E-state index >= 15 is 0 Å². The van der Waals surface area contributed by atoms with Crippen molar-refractivity contribution in [3.8, 4) is 11.3 Å². The molecule has 2 aliphatic rings. The van der Waals surface area contributed by atoms with E-state index in [1.54, 1.807) is 0 Å². The highest BCUT2D eigenvalue weighted by molar-refractivity contribution is 7.14. The monoisotopic (exact) mass is 462 g/mol. The number of carbonyl (C=O) groups is 3. The van der Waals surface area contributed by atoms with Gasteiger partial charge < -0.3 is 10.3 Å². The number of hydrogen-bond acceptors (Lipinski definition) is 5. The maximum absolute atomic E-state index is 13.3. The molecule has 0 radical (unpaired) electrons. The van der Waals surface area contributed by atoms with Gasteiger partial charge in [-0.1, -0.05) is 44.2 Å². The summed E-state index contributed by atoms with van der Waals surface area (Å²) in [6, 6.07) is 7.13. The Balaban J connectivity index is 1.38. The maximum Gasteiger partial charge on any atom is 0.249 e. The number of aromatic amines is 1. The summed E-state index contributed by atoms with van der Waals surface area (Å²) < 4.78 is 0. The molecule has 3 atom stereocenters. The number of para-hydroxylation sites is 1. The third kappa shape index (κ3) is 3.88. The molecule has 1 fully saturated rings. The van der Waals surface area contributed by atoms with Crippen molar-refractivity contribution in [1.29, 1.82) is 0 Å². The highest BCUT2D eigenvalue weighted by atomic mass is 32.1. The first-order valence-electron chi connectivity index (χ1n) is 11.3. The second kappa shape index (κ2) is 8.59. The Morgan fingerprint density at radius 3 is 2.58 bits per heavy atom. The van der Waals surface area contributed by atoms with Gasteiger partial charge in [-0.05, 0) is 31.2 Å². The van der Waals surface area contributed by atoms with Crippen LogP contribution in [0.1, 0.15) is 33.1 Å². The number of allylic oxidation sites excluding steroid dienone is 2. The number of nitrogens with zero attached hydrogens (tertiary/aromatic N) is 2. The number of hydrogen-bond donors (Lipinski definition) is 2. The molecule has 0 spiro atoms. The van der Waals surface area contributed by atoms with E-state index in [2.05, 4.69) is 15.3 Å². The Morgan fingerprint density at radius 1 is 1.18 bits per heavy atom. The van der Waals surface area contributed by atoms with Gasteiger partial charge in [-0.3, -0.25) is 19.3 Å². The van der Waals surface area contributed by atoms with E-state index in [1.807, 2.05) is 61.8 Å². The molecule has 3 amide bonds. The van der Waals surface area contributed by atoms with Gasteiger partial charge in [0.2, 0.25) is 17.7 Å². The van der Waals surface area contributed by atoms with Gasteiger partial charge in [-0.2, -0.15) is 0 Å². The molecule has 2 N–H and O–H groups in total. The highest BCUT2D eigenvalue weighted by Gasteiger charge is 2.51. The van der Waals surface area contributed by atoms with Gasteiger partial charge in [-0.15, -0.1) is 11.3 Å². The molecule has 5 rings (SSSR count). The first kappa shape index (κ1) is 21.6. The summed E-state index contributed by atoms with van der Waals surface area (Å²) >= 11 is 1.33. The van der Waals surface area contributed by atoms with Crippen LogP contribution < -0.4 is 5.32 Å². The predicted molar refractivity (Wildman–Crippen MR) is 128 cm³/mol. The van der Waals surface area contributed by atoms with E-state index in [0.717, 1.165) is 22.2 Å². The number of benzene rings is 1. The van der Waals surface area contributed by atoms with Crippen LogP contribution in [0.5, 0.6) is 0 Å². The van der Waals surface area contributed by atoms with E-state index in [9.17, 15) is 14.4 Å². The molecule has 7 nitrogen and oxygen atoms in total. The Bertz CT molecular complexity index is 1230.